The SMILES string of the molecule is O=C(CCc1ccccc1)Nc1ccc(Nc2cccc(Br)c2)nn1. The van der Waals surface area contributed by atoms with Crippen molar-refractivity contribution < 1.29 is 4.79 Å². The van der Waals surface area contributed by atoms with E-state index in [2.05, 4.69) is 36.8 Å². The van der Waals surface area contributed by atoms with Gasteiger partial charge in [0.15, 0.2) is 11.6 Å². The van der Waals surface area contributed by atoms with Crippen molar-refractivity contribution >= 4 is 39.2 Å². The van der Waals surface area contributed by atoms with Crippen LogP contribution < -0.4 is 10.6 Å². The Morgan fingerprint density at radius 1 is 0.920 bits per heavy atom. The van der Waals surface area contributed by atoms with E-state index in [0.717, 1.165) is 15.7 Å². The summed E-state index contributed by atoms with van der Waals surface area (Å²) in [6, 6.07) is 21.2. The number of hydrogen-bond acceptors (Lipinski definition) is 4. The smallest absolute Gasteiger partial charge is 0.225 e. The summed E-state index contributed by atoms with van der Waals surface area (Å²) in [5, 5.41) is 14.0. The van der Waals surface area contributed by atoms with Gasteiger partial charge < -0.3 is 10.6 Å². The zero-order chi connectivity index (χ0) is 17.5. The van der Waals surface area contributed by atoms with Crippen LogP contribution in [0.5, 0.6) is 0 Å². The van der Waals surface area contributed by atoms with Crippen molar-refractivity contribution in [3.8, 4) is 0 Å². The first-order valence-electron chi connectivity index (χ1n) is 7.89. The minimum absolute atomic E-state index is 0.0779. The fraction of sp³-hybridized carbons (Fsp3) is 0.105. The van der Waals surface area contributed by atoms with E-state index >= 15 is 0 Å². The molecule has 0 aliphatic heterocycles. The zero-order valence-electron chi connectivity index (χ0n) is 13.4. The number of nitrogens with one attached hydrogen (secondary N) is 2. The van der Waals surface area contributed by atoms with E-state index in [1.807, 2.05) is 54.6 Å². The molecule has 0 unspecified atom stereocenters. The maximum absolute atomic E-state index is 12.0. The van der Waals surface area contributed by atoms with Gasteiger partial charge in [-0.2, -0.15) is 0 Å². The number of aryl methyl sites for hydroxylation is 1. The molecule has 3 aromatic rings. The van der Waals surface area contributed by atoms with Crippen molar-refractivity contribution in [1.82, 2.24) is 10.2 Å². The van der Waals surface area contributed by atoms with Gasteiger partial charge >= 0.3 is 0 Å². The topological polar surface area (TPSA) is 66.9 Å². The lowest BCUT2D eigenvalue weighted by molar-refractivity contribution is -0.116. The van der Waals surface area contributed by atoms with E-state index in [-0.39, 0.29) is 5.91 Å². The highest BCUT2D eigenvalue weighted by molar-refractivity contribution is 9.10. The summed E-state index contributed by atoms with van der Waals surface area (Å²) in [5.41, 5.74) is 2.04. The molecule has 0 radical (unpaired) electrons. The second-order valence-electron chi connectivity index (χ2n) is 5.47. The van der Waals surface area contributed by atoms with Crippen LogP contribution in [0.1, 0.15) is 12.0 Å². The highest BCUT2D eigenvalue weighted by atomic mass is 79.9. The van der Waals surface area contributed by atoms with Crippen LogP contribution in [0.4, 0.5) is 17.3 Å². The summed E-state index contributed by atoms with van der Waals surface area (Å²) >= 11 is 3.42. The van der Waals surface area contributed by atoms with Gasteiger partial charge in [0.25, 0.3) is 0 Å². The van der Waals surface area contributed by atoms with Crippen molar-refractivity contribution in [3.05, 3.63) is 76.8 Å². The molecular weight excluding hydrogens is 380 g/mol. The quantitative estimate of drug-likeness (QED) is 0.640. The molecule has 5 nitrogen and oxygen atoms in total. The highest BCUT2D eigenvalue weighted by Crippen LogP contribution is 2.19. The average Bonchev–Trinajstić information content (AvgIpc) is 2.63. The maximum atomic E-state index is 12.0. The van der Waals surface area contributed by atoms with Crippen molar-refractivity contribution in [2.45, 2.75) is 12.8 Å². The number of amides is 1. The third kappa shape index (κ3) is 5.39. The van der Waals surface area contributed by atoms with Gasteiger partial charge in [-0.05, 0) is 42.3 Å². The summed E-state index contributed by atoms with van der Waals surface area (Å²) in [6.45, 7) is 0. The lowest BCUT2D eigenvalue weighted by Crippen LogP contribution is -2.14. The molecule has 1 amide bonds. The van der Waals surface area contributed by atoms with Crippen LogP contribution in [0.15, 0.2) is 71.2 Å². The lowest BCUT2D eigenvalue weighted by atomic mass is 10.1. The molecule has 0 spiro atoms. The molecule has 6 heteroatoms. The first kappa shape index (κ1) is 17.1. The molecule has 3 rings (SSSR count). The average molecular weight is 397 g/mol. The van der Waals surface area contributed by atoms with E-state index in [1.165, 1.54) is 0 Å². The van der Waals surface area contributed by atoms with Gasteiger partial charge in [0, 0.05) is 16.6 Å². The molecule has 126 valence electrons. The highest BCUT2D eigenvalue weighted by Gasteiger charge is 2.05. The predicted molar refractivity (Wildman–Crippen MR) is 103 cm³/mol. The molecule has 0 atom stereocenters. The first-order chi connectivity index (χ1) is 12.2. The van der Waals surface area contributed by atoms with Gasteiger partial charge in [-0.1, -0.05) is 52.3 Å². The van der Waals surface area contributed by atoms with Crippen molar-refractivity contribution in [2.75, 3.05) is 10.6 Å². The summed E-state index contributed by atoms with van der Waals surface area (Å²) < 4.78 is 0.979. The number of benzene rings is 2. The number of halogens is 1. The summed E-state index contributed by atoms with van der Waals surface area (Å²) in [4.78, 5) is 12.0. The lowest BCUT2D eigenvalue weighted by Gasteiger charge is -2.07. The minimum atomic E-state index is -0.0779. The van der Waals surface area contributed by atoms with Crippen LogP contribution in [0, 0.1) is 0 Å². The number of aromatic nitrogens is 2. The molecule has 0 saturated heterocycles. The Labute approximate surface area is 154 Å². The molecule has 0 fully saturated rings. The molecular formula is C19H17BrN4O. The van der Waals surface area contributed by atoms with Crippen LogP contribution in [0.3, 0.4) is 0 Å². The van der Waals surface area contributed by atoms with Gasteiger partial charge in [-0.15, -0.1) is 10.2 Å². The van der Waals surface area contributed by atoms with Crippen LogP contribution >= 0.6 is 15.9 Å². The van der Waals surface area contributed by atoms with E-state index < -0.39 is 0 Å². The molecule has 0 aliphatic rings. The van der Waals surface area contributed by atoms with Crippen LogP contribution in [0.25, 0.3) is 0 Å². The standard InChI is InChI=1S/C19H17BrN4O/c20-15-7-4-8-16(13-15)21-17-10-11-18(24-23-17)22-19(25)12-9-14-5-2-1-3-6-14/h1-8,10-11,13H,9,12H2,(H,21,23)(H,22,24,25). The number of hydrogen-bond donors (Lipinski definition) is 2. The third-order valence-electron chi connectivity index (χ3n) is 3.51. The van der Waals surface area contributed by atoms with E-state index in [0.29, 0.717) is 24.5 Å². The van der Waals surface area contributed by atoms with Gasteiger partial charge in [-0.3, -0.25) is 4.79 Å². The van der Waals surface area contributed by atoms with Gasteiger partial charge in [0.2, 0.25) is 5.91 Å². The van der Waals surface area contributed by atoms with Crippen LogP contribution in [-0.2, 0) is 11.2 Å². The number of nitrogens with zero attached hydrogens (tertiary/aromatic N) is 2. The molecule has 2 N–H and O–H groups in total. The molecule has 0 saturated carbocycles. The summed E-state index contributed by atoms with van der Waals surface area (Å²) in [6.07, 6.45) is 1.10. The van der Waals surface area contributed by atoms with Gasteiger partial charge in [0.05, 0.1) is 0 Å². The molecule has 2 aromatic carbocycles. The van der Waals surface area contributed by atoms with Crippen LogP contribution in [0.2, 0.25) is 0 Å². The summed E-state index contributed by atoms with van der Waals surface area (Å²) in [7, 11) is 0. The third-order valence-corrected chi connectivity index (χ3v) is 4.01. The molecule has 0 aliphatic carbocycles. The normalized spacial score (nSPS) is 10.3. The Bertz CT molecular complexity index is 838. The van der Waals surface area contributed by atoms with E-state index in [9.17, 15) is 4.79 Å². The first-order valence-corrected chi connectivity index (χ1v) is 8.68. The monoisotopic (exact) mass is 396 g/mol. The fourth-order valence-electron chi connectivity index (χ4n) is 2.29. The molecule has 0 bridgehead atoms. The van der Waals surface area contributed by atoms with E-state index in [1.54, 1.807) is 12.1 Å². The molecule has 25 heavy (non-hydrogen) atoms. The van der Waals surface area contributed by atoms with Crippen molar-refractivity contribution in [1.29, 1.82) is 0 Å². The second kappa shape index (κ2) is 8.39. The van der Waals surface area contributed by atoms with Gasteiger partial charge in [0.1, 0.15) is 0 Å². The fourth-order valence-corrected chi connectivity index (χ4v) is 2.69. The minimum Gasteiger partial charge on any atom is -0.339 e. The van der Waals surface area contributed by atoms with Crippen molar-refractivity contribution in [2.24, 2.45) is 0 Å². The van der Waals surface area contributed by atoms with Gasteiger partial charge in [-0.25, -0.2) is 0 Å². The largest absolute Gasteiger partial charge is 0.339 e. The number of carbonyl (C=O) groups excluding carboxylic acids is 1. The Kier molecular flexibility index (Phi) is 5.74. The van der Waals surface area contributed by atoms with E-state index in [4.69, 9.17) is 0 Å². The zero-order valence-corrected chi connectivity index (χ0v) is 15.0. The second-order valence-corrected chi connectivity index (χ2v) is 6.39. The van der Waals surface area contributed by atoms with Crippen LogP contribution in [-0.4, -0.2) is 16.1 Å². The Morgan fingerprint density at radius 2 is 1.68 bits per heavy atom. The number of carbonyl (C=O) groups is 1. The Hall–Kier alpha value is -2.73. The van der Waals surface area contributed by atoms with Crippen molar-refractivity contribution in [3.63, 3.8) is 0 Å². The molecule has 1 aromatic heterocycles. The Morgan fingerprint density at radius 3 is 2.40 bits per heavy atom. The summed E-state index contributed by atoms with van der Waals surface area (Å²) in [5.74, 6) is 0.976. The molecule has 1 heterocycles. The number of rotatable bonds is 6. The predicted octanol–water partition coefficient (Wildman–Crippen LogP) is 4.55. The Balaban J connectivity index is 1.52. The maximum Gasteiger partial charge on any atom is 0.225 e. The number of anilines is 3.